The number of nitrogens with two attached hydrogens (primary N) is 1. The van der Waals surface area contributed by atoms with Crippen molar-refractivity contribution < 1.29 is 4.79 Å². The maximum atomic E-state index is 12.6. The van der Waals surface area contributed by atoms with Gasteiger partial charge in [0.2, 0.25) is 0 Å². The van der Waals surface area contributed by atoms with Crippen LogP contribution in [-0.4, -0.2) is 32.1 Å². The highest BCUT2D eigenvalue weighted by Gasteiger charge is 2.24. The minimum absolute atomic E-state index is 0.0234. The largest absolute Gasteiger partial charge is 0.398 e. The first-order valence-electron chi connectivity index (χ1n) is 6.28. The van der Waals surface area contributed by atoms with Gasteiger partial charge in [-0.2, -0.15) is 0 Å². The fourth-order valence-electron chi connectivity index (χ4n) is 2.33. The summed E-state index contributed by atoms with van der Waals surface area (Å²) in [5.41, 5.74) is 7.98. The van der Waals surface area contributed by atoms with Crippen molar-refractivity contribution in [2.45, 2.75) is 20.0 Å². The van der Waals surface area contributed by atoms with Crippen molar-refractivity contribution in [3.63, 3.8) is 0 Å². The Morgan fingerprint density at radius 3 is 3.00 bits per heavy atom. The highest BCUT2D eigenvalue weighted by atomic mass is 79.9. The molecule has 2 N–H and O–H groups in total. The van der Waals surface area contributed by atoms with Gasteiger partial charge in [-0.3, -0.25) is 4.79 Å². The van der Waals surface area contributed by atoms with Crippen LogP contribution in [0.15, 0.2) is 22.9 Å². The average Bonchev–Trinajstić information content (AvgIpc) is 2.89. The molecule has 1 aliphatic heterocycles. The summed E-state index contributed by atoms with van der Waals surface area (Å²) < 4.78 is 2.77. The highest BCUT2D eigenvalue weighted by molar-refractivity contribution is 9.10. The summed E-state index contributed by atoms with van der Waals surface area (Å²) in [4.78, 5) is 14.4. The van der Waals surface area contributed by atoms with E-state index in [-0.39, 0.29) is 5.91 Å². The molecule has 0 fully saturated rings. The third-order valence-electron chi connectivity index (χ3n) is 3.57. The zero-order valence-corrected chi connectivity index (χ0v) is 12.6. The van der Waals surface area contributed by atoms with Crippen molar-refractivity contribution in [2.75, 3.05) is 12.3 Å². The van der Waals surface area contributed by atoms with Crippen LogP contribution in [0.4, 0.5) is 5.69 Å². The van der Waals surface area contributed by atoms with E-state index in [1.807, 2.05) is 17.6 Å². The van der Waals surface area contributed by atoms with Crippen LogP contribution in [0.2, 0.25) is 0 Å². The summed E-state index contributed by atoms with van der Waals surface area (Å²) in [6.07, 6.45) is 1.69. The van der Waals surface area contributed by atoms with Crippen molar-refractivity contribution >= 4 is 27.5 Å². The lowest BCUT2D eigenvalue weighted by Gasteiger charge is -2.27. The molecular formula is C13H14BrN5O. The van der Waals surface area contributed by atoms with Crippen LogP contribution in [0, 0.1) is 6.92 Å². The summed E-state index contributed by atoms with van der Waals surface area (Å²) in [5, 5.41) is 7.89. The predicted molar refractivity (Wildman–Crippen MR) is 78.1 cm³/mol. The molecule has 0 saturated heterocycles. The predicted octanol–water partition coefficient (Wildman–Crippen LogP) is 1.59. The van der Waals surface area contributed by atoms with E-state index in [1.165, 1.54) is 0 Å². The summed E-state index contributed by atoms with van der Waals surface area (Å²) in [7, 11) is 0. The van der Waals surface area contributed by atoms with Crippen LogP contribution in [0.5, 0.6) is 0 Å². The Bertz CT molecular complexity index is 681. The van der Waals surface area contributed by atoms with Gasteiger partial charge in [-0.15, -0.1) is 10.2 Å². The number of aromatic nitrogens is 3. The second-order valence-corrected chi connectivity index (χ2v) is 5.75. The zero-order valence-electron chi connectivity index (χ0n) is 11.0. The normalized spacial score (nSPS) is 14.2. The number of benzene rings is 1. The molecule has 0 spiro atoms. The Morgan fingerprint density at radius 2 is 2.20 bits per heavy atom. The van der Waals surface area contributed by atoms with Crippen LogP contribution in [0.25, 0.3) is 0 Å². The van der Waals surface area contributed by atoms with Crippen LogP contribution in [-0.2, 0) is 13.1 Å². The molecule has 2 aromatic rings. The Kier molecular flexibility index (Phi) is 3.21. The quantitative estimate of drug-likeness (QED) is 0.803. The van der Waals surface area contributed by atoms with Crippen molar-refractivity contribution in [3.05, 3.63) is 39.9 Å². The van der Waals surface area contributed by atoms with E-state index in [1.54, 1.807) is 17.3 Å². The minimum Gasteiger partial charge on any atom is -0.398 e. The lowest BCUT2D eigenvalue weighted by atomic mass is 10.1. The fourth-order valence-corrected chi connectivity index (χ4v) is 2.81. The molecule has 0 bridgehead atoms. The van der Waals surface area contributed by atoms with Gasteiger partial charge in [0.15, 0.2) is 5.82 Å². The number of carbonyl (C=O) groups excluding carboxylic acids is 1. The molecule has 1 aliphatic rings. The SMILES string of the molecule is Cc1c(N)cc(Br)cc1C(=O)N1CCn2cnnc2C1. The molecule has 104 valence electrons. The number of carbonyl (C=O) groups is 1. The maximum Gasteiger partial charge on any atom is 0.254 e. The van der Waals surface area contributed by atoms with Gasteiger partial charge in [0.05, 0.1) is 6.54 Å². The second kappa shape index (κ2) is 4.90. The van der Waals surface area contributed by atoms with E-state index in [4.69, 9.17) is 5.73 Å². The third-order valence-corrected chi connectivity index (χ3v) is 4.03. The molecule has 0 aliphatic carbocycles. The first kappa shape index (κ1) is 13.1. The molecular weight excluding hydrogens is 322 g/mol. The zero-order chi connectivity index (χ0) is 14.3. The fraction of sp³-hybridized carbons (Fsp3) is 0.308. The van der Waals surface area contributed by atoms with Gasteiger partial charge in [-0.25, -0.2) is 0 Å². The van der Waals surface area contributed by atoms with Gasteiger partial charge < -0.3 is 15.2 Å². The lowest BCUT2D eigenvalue weighted by molar-refractivity contribution is 0.0706. The smallest absolute Gasteiger partial charge is 0.254 e. The monoisotopic (exact) mass is 335 g/mol. The summed E-state index contributed by atoms with van der Waals surface area (Å²) >= 11 is 3.38. The number of anilines is 1. The van der Waals surface area contributed by atoms with Crippen molar-refractivity contribution in [2.24, 2.45) is 0 Å². The molecule has 6 nitrogen and oxygen atoms in total. The number of hydrogen-bond donors (Lipinski definition) is 1. The number of fused-ring (bicyclic) bond motifs is 1. The van der Waals surface area contributed by atoms with Gasteiger partial charge in [-0.1, -0.05) is 15.9 Å². The average molecular weight is 336 g/mol. The van der Waals surface area contributed by atoms with Gasteiger partial charge >= 0.3 is 0 Å². The minimum atomic E-state index is -0.0234. The molecule has 7 heteroatoms. The molecule has 2 heterocycles. The van der Waals surface area contributed by atoms with Crippen molar-refractivity contribution in [1.29, 1.82) is 0 Å². The molecule has 0 unspecified atom stereocenters. The third kappa shape index (κ3) is 2.18. The number of hydrogen-bond acceptors (Lipinski definition) is 4. The molecule has 0 atom stereocenters. The first-order valence-corrected chi connectivity index (χ1v) is 7.07. The first-order chi connectivity index (χ1) is 9.56. The summed E-state index contributed by atoms with van der Waals surface area (Å²) in [6.45, 7) is 3.71. The maximum absolute atomic E-state index is 12.6. The lowest BCUT2D eigenvalue weighted by Crippen LogP contribution is -2.38. The van der Waals surface area contributed by atoms with Gasteiger partial charge in [0.25, 0.3) is 5.91 Å². The molecule has 20 heavy (non-hydrogen) atoms. The molecule has 1 aromatic carbocycles. The van der Waals surface area contributed by atoms with Gasteiger partial charge in [-0.05, 0) is 24.6 Å². The van der Waals surface area contributed by atoms with Crippen molar-refractivity contribution in [3.8, 4) is 0 Å². The van der Waals surface area contributed by atoms with Crippen LogP contribution >= 0.6 is 15.9 Å². The van der Waals surface area contributed by atoms with E-state index < -0.39 is 0 Å². The van der Waals surface area contributed by atoms with E-state index >= 15 is 0 Å². The Morgan fingerprint density at radius 1 is 1.40 bits per heavy atom. The van der Waals surface area contributed by atoms with Crippen LogP contribution in [0.3, 0.4) is 0 Å². The molecule has 0 radical (unpaired) electrons. The van der Waals surface area contributed by atoms with E-state index in [0.29, 0.717) is 24.3 Å². The number of halogens is 1. The topological polar surface area (TPSA) is 77.0 Å². The van der Waals surface area contributed by atoms with Gasteiger partial charge in [0.1, 0.15) is 6.33 Å². The second-order valence-electron chi connectivity index (χ2n) is 4.83. The van der Waals surface area contributed by atoms with E-state index in [0.717, 1.165) is 22.4 Å². The van der Waals surface area contributed by atoms with Crippen molar-refractivity contribution in [1.82, 2.24) is 19.7 Å². The summed E-state index contributed by atoms with van der Waals surface area (Å²) in [6, 6.07) is 3.62. The molecule has 3 rings (SSSR count). The molecule has 0 saturated carbocycles. The van der Waals surface area contributed by atoms with E-state index in [2.05, 4.69) is 26.1 Å². The van der Waals surface area contributed by atoms with Crippen LogP contribution in [0.1, 0.15) is 21.7 Å². The van der Waals surface area contributed by atoms with E-state index in [9.17, 15) is 4.79 Å². The molecule has 1 aromatic heterocycles. The Hall–Kier alpha value is -1.89. The molecule has 1 amide bonds. The number of amides is 1. The number of rotatable bonds is 1. The number of nitrogens with zero attached hydrogens (tertiary/aromatic N) is 4. The number of nitrogen functional groups attached to an aromatic ring is 1. The van der Waals surface area contributed by atoms with Gasteiger partial charge in [0, 0.05) is 28.8 Å². The highest BCUT2D eigenvalue weighted by Crippen LogP contribution is 2.25. The Labute approximate surface area is 124 Å². The van der Waals surface area contributed by atoms with Crippen LogP contribution < -0.4 is 5.73 Å². The standard InChI is InChI=1S/C13H14BrN5O/c1-8-10(4-9(14)5-11(8)15)13(20)18-2-3-19-7-16-17-12(19)6-18/h4-5,7H,2-3,6,15H2,1H3. The Balaban J connectivity index is 1.91. The summed E-state index contributed by atoms with van der Waals surface area (Å²) in [5.74, 6) is 0.787.